The summed E-state index contributed by atoms with van der Waals surface area (Å²) < 4.78 is 16.8. The van der Waals surface area contributed by atoms with Crippen LogP contribution in [0.5, 0.6) is 0 Å². The minimum absolute atomic E-state index is 0.115. The normalized spacial score (nSPS) is 12.5. The number of para-hydroxylation sites is 1. The monoisotopic (exact) mass is 484 g/mol. The first kappa shape index (κ1) is 21.2. The molecule has 0 unspecified atom stereocenters. The first-order chi connectivity index (χ1) is 14.8. The predicted octanol–water partition coefficient (Wildman–Crippen LogP) is 4.28. The number of likely N-dealkylation sites (N-methyl/N-ethyl adjacent to an activating group) is 1. The minimum atomic E-state index is -0.392. The van der Waals surface area contributed by atoms with E-state index in [1.54, 1.807) is 25.2 Å². The molecule has 0 aliphatic heterocycles. The van der Waals surface area contributed by atoms with Crippen LogP contribution in [0, 0.1) is 12.7 Å². The topological polar surface area (TPSA) is 67.2 Å². The van der Waals surface area contributed by atoms with Crippen molar-refractivity contribution < 1.29 is 14.0 Å². The van der Waals surface area contributed by atoms with Crippen LogP contribution in [0.4, 0.5) is 10.1 Å². The lowest BCUT2D eigenvalue weighted by molar-refractivity contribution is -0.116. The second-order valence-corrected chi connectivity index (χ2v) is 8.57. The molecule has 2 aromatic carbocycles. The van der Waals surface area contributed by atoms with Crippen molar-refractivity contribution >= 4 is 33.4 Å². The molecule has 6 nitrogen and oxygen atoms in total. The zero-order valence-corrected chi connectivity index (χ0v) is 18.9. The third-order valence-electron chi connectivity index (χ3n) is 5.40. The Bertz CT molecular complexity index is 1170. The van der Waals surface area contributed by atoms with Gasteiger partial charge in [-0.2, -0.15) is 5.10 Å². The number of nitrogens with zero attached hydrogens (tertiary/aromatic N) is 3. The zero-order valence-electron chi connectivity index (χ0n) is 17.3. The quantitative estimate of drug-likeness (QED) is 0.587. The lowest BCUT2D eigenvalue weighted by Gasteiger charge is -2.17. The van der Waals surface area contributed by atoms with Gasteiger partial charge in [-0.15, -0.1) is 0 Å². The maximum Gasteiger partial charge on any atom is 0.274 e. The van der Waals surface area contributed by atoms with Gasteiger partial charge in [0.05, 0.1) is 6.54 Å². The number of nitrogens with one attached hydrogen (secondary N) is 1. The molecule has 3 aromatic rings. The van der Waals surface area contributed by atoms with Gasteiger partial charge in [-0.05, 0) is 62.1 Å². The number of anilines is 1. The molecule has 2 amide bonds. The summed E-state index contributed by atoms with van der Waals surface area (Å²) in [5.74, 6) is -1.04. The van der Waals surface area contributed by atoms with Gasteiger partial charge < -0.3 is 10.2 Å². The van der Waals surface area contributed by atoms with Crippen LogP contribution in [0.2, 0.25) is 0 Å². The fraction of sp³-hybridized carbons (Fsp3) is 0.261. The van der Waals surface area contributed by atoms with Gasteiger partial charge in [0, 0.05) is 28.5 Å². The van der Waals surface area contributed by atoms with E-state index >= 15 is 0 Å². The van der Waals surface area contributed by atoms with E-state index in [4.69, 9.17) is 0 Å². The van der Waals surface area contributed by atoms with Gasteiger partial charge in [-0.25, -0.2) is 9.07 Å². The van der Waals surface area contributed by atoms with E-state index in [-0.39, 0.29) is 24.1 Å². The average Bonchev–Trinajstić information content (AvgIpc) is 3.33. The molecule has 4 rings (SSSR count). The molecule has 160 valence electrons. The second kappa shape index (κ2) is 8.63. The van der Waals surface area contributed by atoms with Crippen molar-refractivity contribution in [1.29, 1.82) is 0 Å². The van der Waals surface area contributed by atoms with Crippen LogP contribution in [0.1, 0.15) is 33.7 Å². The number of hydrogen-bond donors (Lipinski definition) is 1. The second-order valence-electron chi connectivity index (χ2n) is 7.66. The van der Waals surface area contributed by atoms with Gasteiger partial charge in [0.15, 0.2) is 5.69 Å². The summed E-state index contributed by atoms with van der Waals surface area (Å²) in [6.45, 7) is 1.78. The Labute approximate surface area is 188 Å². The largest absolute Gasteiger partial charge is 0.331 e. The lowest BCUT2D eigenvalue weighted by Crippen LogP contribution is -2.35. The molecule has 0 bridgehead atoms. The molecule has 1 aliphatic carbocycles. The predicted molar refractivity (Wildman–Crippen MR) is 120 cm³/mol. The molecule has 0 fully saturated rings. The van der Waals surface area contributed by atoms with Crippen molar-refractivity contribution in [2.45, 2.75) is 26.2 Å². The highest BCUT2D eigenvalue weighted by atomic mass is 79.9. The first-order valence-electron chi connectivity index (χ1n) is 10.0. The number of aryl methyl sites for hydroxylation is 1. The fourth-order valence-corrected chi connectivity index (χ4v) is 4.33. The van der Waals surface area contributed by atoms with Crippen LogP contribution in [0.25, 0.3) is 5.69 Å². The molecule has 0 saturated heterocycles. The molecule has 0 atom stereocenters. The van der Waals surface area contributed by atoms with Crippen LogP contribution < -0.4 is 5.32 Å². The van der Waals surface area contributed by atoms with E-state index in [0.717, 1.165) is 34.1 Å². The summed E-state index contributed by atoms with van der Waals surface area (Å²) in [4.78, 5) is 27.0. The van der Waals surface area contributed by atoms with Crippen LogP contribution in [-0.2, 0) is 17.6 Å². The van der Waals surface area contributed by atoms with Gasteiger partial charge in [0.25, 0.3) is 5.91 Å². The highest BCUT2D eigenvalue weighted by molar-refractivity contribution is 9.10. The summed E-state index contributed by atoms with van der Waals surface area (Å²) in [6.07, 6.45) is 2.33. The smallest absolute Gasteiger partial charge is 0.274 e. The lowest BCUT2D eigenvalue weighted by atomic mass is 10.2. The van der Waals surface area contributed by atoms with Crippen LogP contribution in [-0.4, -0.2) is 40.1 Å². The Balaban J connectivity index is 1.53. The Kier molecular flexibility index (Phi) is 5.91. The molecule has 1 heterocycles. The molecular weight excluding hydrogens is 463 g/mol. The highest BCUT2D eigenvalue weighted by Gasteiger charge is 2.29. The Morgan fingerprint density at radius 1 is 1.23 bits per heavy atom. The van der Waals surface area contributed by atoms with Crippen molar-refractivity contribution in [1.82, 2.24) is 14.7 Å². The van der Waals surface area contributed by atoms with Crippen molar-refractivity contribution in [3.8, 4) is 5.69 Å². The summed E-state index contributed by atoms with van der Waals surface area (Å²) in [7, 11) is 1.57. The number of rotatable bonds is 5. The van der Waals surface area contributed by atoms with Crippen LogP contribution in [0.3, 0.4) is 0 Å². The van der Waals surface area contributed by atoms with Crippen molar-refractivity contribution in [3.63, 3.8) is 0 Å². The summed E-state index contributed by atoms with van der Waals surface area (Å²) in [5, 5.41) is 7.28. The molecule has 0 radical (unpaired) electrons. The standard InChI is InChI=1S/C23H22BrFN4O2/c1-14-12-15(24)10-11-18(14)26-21(30)13-28(2)23(31)22-16-6-5-9-19(16)29(27-22)20-8-4-3-7-17(20)25/h3-4,7-8,10-12H,5-6,9,13H2,1-2H3,(H,26,30). The molecule has 0 saturated carbocycles. The van der Waals surface area contributed by atoms with Gasteiger partial charge in [-0.1, -0.05) is 28.1 Å². The molecule has 1 aromatic heterocycles. The Hall–Kier alpha value is -3.00. The van der Waals surface area contributed by atoms with E-state index in [9.17, 15) is 14.0 Å². The van der Waals surface area contributed by atoms with Crippen molar-refractivity contribution in [2.24, 2.45) is 0 Å². The highest BCUT2D eigenvalue weighted by Crippen LogP contribution is 2.29. The molecular formula is C23H22BrFN4O2. The van der Waals surface area contributed by atoms with E-state index in [1.165, 1.54) is 15.6 Å². The number of fused-ring (bicyclic) bond motifs is 1. The molecule has 8 heteroatoms. The van der Waals surface area contributed by atoms with Crippen LogP contribution in [0.15, 0.2) is 46.9 Å². The summed E-state index contributed by atoms with van der Waals surface area (Å²) in [6, 6.07) is 11.9. The summed E-state index contributed by atoms with van der Waals surface area (Å²) >= 11 is 3.40. The first-order valence-corrected chi connectivity index (χ1v) is 10.8. The van der Waals surface area contributed by atoms with E-state index in [0.29, 0.717) is 17.8 Å². The maximum absolute atomic E-state index is 14.3. The van der Waals surface area contributed by atoms with Gasteiger partial charge in [0.1, 0.15) is 11.5 Å². The maximum atomic E-state index is 14.3. The molecule has 31 heavy (non-hydrogen) atoms. The number of hydrogen-bond acceptors (Lipinski definition) is 3. The van der Waals surface area contributed by atoms with Gasteiger partial charge in [0.2, 0.25) is 5.91 Å². The van der Waals surface area contributed by atoms with Crippen molar-refractivity contribution in [2.75, 3.05) is 18.9 Å². The Morgan fingerprint density at radius 3 is 2.74 bits per heavy atom. The Morgan fingerprint density at radius 2 is 2.00 bits per heavy atom. The number of carbonyl (C=O) groups is 2. The number of benzene rings is 2. The number of halogens is 2. The zero-order chi connectivity index (χ0) is 22.1. The van der Waals surface area contributed by atoms with Crippen LogP contribution >= 0.6 is 15.9 Å². The number of amides is 2. The van der Waals surface area contributed by atoms with Gasteiger partial charge >= 0.3 is 0 Å². The third kappa shape index (κ3) is 4.25. The minimum Gasteiger partial charge on any atom is -0.331 e. The van der Waals surface area contributed by atoms with E-state index < -0.39 is 5.82 Å². The summed E-state index contributed by atoms with van der Waals surface area (Å²) in [5.41, 5.74) is 3.91. The van der Waals surface area contributed by atoms with E-state index in [1.807, 2.05) is 25.1 Å². The molecule has 1 N–H and O–H groups in total. The van der Waals surface area contributed by atoms with E-state index in [2.05, 4.69) is 26.3 Å². The SMILES string of the molecule is Cc1cc(Br)ccc1NC(=O)CN(C)C(=O)c1nn(-c2ccccc2F)c2c1CCC2. The fourth-order valence-electron chi connectivity index (χ4n) is 3.86. The number of carbonyl (C=O) groups excluding carboxylic acids is 2. The number of aromatic nitrogens is 2. The molecule has 0 spiro atoms. The third-order valence-corrected chi connectivity index (χ3v) is 5.90. The van der Waals surface area contributed by atoms with Crippen molar-refractivity contribution in [3.05, 3.63) is 75.3 Å². The van der Waals surface area contributed by atoms with Gasteiger partial charge in [-0.3, -0.25) is 9.59 Å². The average molecular weight is 485 g/mol. The molecule has 1 aliphatic rings.